The largest absolute Gasteiger partial charge is 0.463 e. The molecule has 0 aromatic heterocycles. The standard InChI is InChI=1S/C56H93NO12/c1-5-7-9-11-13-15-17-19-20-21-23-25-27-29-34-38-49(59)57-46-41-65-56-53(69-55(63)45-35-31-30-32-36-45)43(3)52(62)48(68-56)42-64-50(60)39-40-51(61)67-47(54(46)66-44(4)58)37-33-28-26-24-22-18-16-14-12-10-8-6-2/h30-32,35-36,43,46-48,52-54,56,62H,5-29,33-34,37-42H2,1-4H3,(H,57,59)/t43-,46-,47+,48?,52-,53?,54-,56?/m0/s1. The van der Waals surface area contributed by atoms with Crippen molar-refractivity contribution in [1.29, 1.82) is 0 Å². The van der Waals surface area contributed by atoms with Crippen LogP contribution in [0.15, 0.2) is 30.3 Å². The number of esters is 4. The predicted octanol–water partition coefficient (Wildman–Crippen LogP) is 12.0. The topological polar surface area (TPSA) is 173 Å². The Morgan fingerprint density at radius 3 is 1.65 bits per heavy atom. The molecule has 69 heavy (non-hydrogen) atoms. The molecule has 8 atom stereocenters. The fourth-order valence-corrected chi connectivity index (χ4v) is 9.43. The van der Waals surface area contributed by atoms with E-state index in [1.165, 1.54) is 122 Å². The average molecular weight is 972 g/mol. The minimum Gasteiger partial charge on any atom is -0.463 e. The smallest absolute Gasteiger partial charge is 0.338 e. The number of rotatable bonds is 33. The summed E-state index contributed by atoms with van der Waals surface area (Å²) in [6, 6.07) is 7.39. The van der Waals surface area contributed by atoms with Crippen molar-refractivity contribution in [2.24, 2.45) is 5.92 Å². The van der Waals surface area contributed by atoms with Gasteiger partial charge in [0.1, 0.15) is 18.8 Å². The van der Waals surface area contributed by atoms with Crippen molar-refractivity contribution in [3.63, 3.8) is 0 Å². The van der Waals surface area contributed by atoms with E-state index in [1.807, 2.05) is 0 Å². The van der Waals surface area contributed by atoms with Gasteiger partial charge in [-0.3, -0.25) is 19.2 Å². The lowest BCUT2D eigenvalue weighted by molar-refractivity contribution is -0.290. The molecule has 1 amide bonds. The number of amides is 1. The van der Waals surface area contributed by atoms with E-state index in [2.05, 4.69) is 19.2 Å². The quantitative estimate of drug-likeness (QED) is 0.0388. The average Bonchev–Trinajstić information content (AvgIpc) is 3.34. The number of cyclic esters (lactones) is 2. The first-order valence-corrected chi connectivity index (χ1v) is 27.6. The molecular formula is C56H93NO12. The van der Waals surface area contributed by atoms with Crippen molar-refractivity contribution in [2.75, 3.05) is 13.2 Å². The lowest BCUT2D eigenvalue weighted by Gasteiger charge is -2.43. The SMILES string of the molecule is CCCCCCCCCCCCCCCCCC(=O)N[C@H]1COC2OC(COC(=O)CCC(=O)O[C@H](CCCCCCCCCCCCCC)[C@H]1OC(C)=O)[C@@H](O)[C@H](C)C2OC(=O)c1ccccc1. The molecule has 0 aliphatic carbocycles. The van der Waals surface area contributed by atoms with Crippen LogP contribution >= 0.6 is 0 Å². The van der Waals surface area contributed by atoms with Crippen LogP contribution in [0, 0.1) is 5.92 Å². The zero-order valence-electron chi connectivity index (χ0n) is 43.3. The van der Waals surface area contributed by atoms with Gasteiger partial charge in [-0.15, -0.1) is 0 Å². The molecule has 0 radical (unpaired) electrons. The summed E-state index contributed by atoms with van der Waals surface area (Å²) < 4.78 is 36.1. The number of carbonyl (C=O) groups is 5. The van der Waals surface area contributed by atoms with E-state index in [0.29, 0.717) is 19.3 Å². The van der Waals surface area contributed by atoms with Gasteiger partial charge in [-0.2, -0.15) is 0 Å². The molecule has 2 aliphatic rings. The summed E-state index contributed by atoms with van der Waals surface area (Å²) in [5.41, 5.74) is 0.286. The van der Waals surface area contributed by atoms with Gasteiger partial charge in [-0.25, -0.2) is 4.79 Å². The second kappa shape index (κ2) is 37.3. The number of ether oxygens (including phenoxy) is 6. The van der Waals surface area contributed by atoms with Crippen LogP contribution in [-0.2, 0) is 47.6 Å². The monoisotopic (exact) mass is 972 g/mol. The van der Waals surface area contributed by atoms with Gasteiger partial charge in [-0.1, -0.05) is 199 Å². The van der Waals surface area contributed by atoms with Gasteiger partial charge in [-0.05, 0) is 31.4 Å². The zero-order valence-corrected chi connectivity index (χ0v) is 43.3. The van der Waals surface area contributed by atoms with E-state index in [4.69, 9.17) is 28.4 Å². The Kier molecular flexibility index (Phi) is 32.3. The van der Waals surface area contributed by atoms with Gasteiger partial charge >= 0.3 is 23.9 Å². The molecule has 2 fully saturated rings. The molecule has 2 aliphatic heterocycles. The molecular weight excluding hydrogens is 879 g/mol. The molecule has 394 valence electrons. The third-order valence-electron chi connectivity index (χ3n) is 13.7. The van der Waals surface area contributed by atoms with E-state index in [9.17, 15) is 29.1 Å². The Labute approximate surface area is 415 Å². The second-order valence-corrected chi connectivity index (χ2v) is 19.8. The first-order valence-electron chi connectivity index (χ1n) is 27.6. The molecule has 0 spiro atoms. The van der Waals surface area contributed by atoms with E-state index in [1.54, 1.807) is 37.3 Å². The van der Waals surface area contributed by atoms with Crippen LogP contribution in [0.5, 0.6) is 0 Å². The van der Waals surface area contributed by atoms with Crippen LogP contribution < -0.4 is 5.32 Å². The molecule has 0 saturated carbocycles. The normalized spacial score (nSPS) is 23.5. The van der Waals surface area contributed by atoms with Crippen molar-refractivity contribution in [3.05, 3.63) is 35.9 Å². The number of aliphatic hydroxyl groups is 1. The summed E-state index contributed by atoms with van der Waals surface area (Å²) in [6.45, 7) is 6.78. The number of hydrogen-bond acceptors (Lipinski definition) is 12. The van der Waals surface area contributed by atoms with Gasteiger partial charge in [0.2, 0.25) is 5.91 Å². The zero-order chi connectivity index (χ0) is 49.9. The van der Waals surface area contributed by atoms with E-state index >= 15 is 0 Å². The highest BCUT2D eigenvalue weighted by Crippen LogP contribution is 2.31. The van der Waals surface area contributed by atoms with Crippen molar-refractivity contribution in [2.45, 2.75) is 270 Å². The van der Waals surface area contributed by atoms with Crippen LogP contribution in [0.2, 0.25) is 0 Å². The van der Waals surface area contributed by atoms with Gasteiger partial charge < -0.3 is 38.8 Å². The maximum atomic E-state index is 13.9. The molecule has 2 heterocycles. The van der Waals surface area contributed by atoms with Crippen LogP contribution in [0.25, 0.3) is 0 Å². The molecule has 2 saturated heterocycles. The summed E-state index contributed by atoms with van der Waals surface area (Å²) in [7, 11) is 0. The fourth-order valence-electron chi connectivity index (χ4n) is 9.43. The van der Waals surface area contributed by atoms with E-state index in [0.717, 1.165) is 44.9 Å². The van der Waals surface area contributed by atoms with Crippen molar-refractivity contribution >= 4 is 29.8 Å². The first-order chi connectivity index (χ1) is 33.5. The minimum atomic E-state index is -1.30. The lowest BCUT2D eigenvalue weighted by Crippen LogP contribution is -2.59. The van der Waals surface area contributed by atoms with Crippen molar-refractivity contribution in [3.8, 4) is 0 Å². The van der Waals surface area contributed by atoms with Gasteiger partial charge in [0, 0.05) is 19.3 Å². The van der Waals surface area contributed by atoms with Gasteiger partial charge in [0.05, 0.1) is 37.2 Å². The highest BCUT2D eigenvalue weighted by atomic mass is 16.7. The lowest BCUT2D eigenvalue weighted by atomic mass is 9.90. The summed E-state index contributed by atoms with van der Waals surface area (Å²) in [6.07, 6.45) is 24.8. The number of aliphatic hydroxyl groups excluding tert-OH is 1. The molecule has 13 heteroatoms. The fraction of sp³-hybridized carbons (Fsp3) is 0.804. The third kappa shape index (κ3) is 25.9. The number of benzene rings is 1. The Hall–Kier alpha value is -3.55. The van der Waals surface area contributed by atoms with Crippen molar-refractivity contribution < 1.29 is 57.5 Å². The Morgan fingerprint density at radius 2 is 1.13 bits per heavy atom. The molecule has 2 N–H and O–H groups in total. The van der Waals surface area contributed by atoms with Crippen LogP contribution in [-0.4, -0.2) is 91.0 Å². The highest BCUT2D eigenvalue weighted by molar-refractivity contribution is 5.89. The van der Waals surface area contributed by atoms with Crippen LogP contribution in [0.1, 0.15) is 237 Å². The summed E-state index contributed by atoms with van der Waals surface area (Å²) in [5.74, 6) is -3.70. The summed E-state index contributed by atoms with van der Waals surface area (Å²) in [5, 5.41) is 14.4. The summed E-state index contributed by atoms with van der Waals surface area (Å²) >= 11 is 0. The summed E-state index contributed by atoms with van der Waals surface area (Å²) in [4.78, 5) is 66.5. The molecule has 3 rings (SSSR count). The number of nitrogens with one attached hydrogen (secondary N) is 1. The number of hydrogen-bond donors (Lipinski definition) is 2. The van der Waals surface area contributed by atoms with Gasteiger partial charge in [0.15, 0.2) is 18.5 Å². The van der Waals surface area contributed by atoms with Crippen LogP contribution in [0.4, 0.5) is 0 Å². The van der Waals surface area contributed by atoms with E-state index < -0.39 is 72.6 Å². The second-order valence-electron chi connectivity index (χ2n) is 19.8. The number of fused-ring (bicyclic) bond motifs is 2. The molecule has 3 unspecified atom stereocenters. The van der Waals surface area contributed by atoms with E-state index in [-0.39, 0.29) is 43.9 Å². The first kappa shape index (κ1) is 59.8. The molecule has 13 nitrogen and oxygen atoms in total. The number of carbonyl (C=O) groups excluding carboxylic acids is 5. The van der Waals surface area contributed by atoms with Crippen LogP contribution in [0.3, 0.4) is 0 Å². The molecule has 1 aromatic carbocycles. The van der Waals surface area contributed by atoms with Gasteiger partial charge in [0.25, 0.3) is 0 Å². The maximum Gasteiger partial charge on any atom is 0.338 e. The maximum absolute atomic E-state index is 13.9. The molecule has 1 aromatic rings. The highest BCUT2D eigenvalue weighted by Gasteiger charge is 2.47. The Morgan fingerprint density at radius 1 is 0.638 bits per heavy atom. The number of unbranched alkanes of at least 4 members (excludes halogenated alkanes) is 25. The Bertz CT molecular complexity index is 1540. The molecule has 2 bridgehead atoms. The minimum absolute atomic E-state index is 0.229. The predicted molar refractivity (Wildman–Crippen MR) is 268 cm³/mol. The third-order valence-corrected chi connectivity index (χ3v) is 13.7. The Balaban J connectivity index is 1.74. The van der Waals surface area contributed by atoms with Crippen molar-refractivity contribution in [1.82, 2.24) is 5.32 Å².